The molecule has 2 aromatic rings. The fourth-order valence-electron chi connectivity index (χ4n) is 1.94. The number of halogens is 1. The summed E-state index contributed by atoms with van der Waals surface area (Å²) in [6.45, 7) is 3.28. The predicted octanol–water partition coefficient (Wildman–Crippen LogP) is 2.16. The van der Waals surface area contributed by atoms with E-state index in [2.05, 4.69) is 17.2 Å². The first-order chi connectivity index (χ1) is 8.76. The molecule has 0 fully saturated rings. The number of nitrogens with zero attached hydrogens (tertiary/aromatic N) is 2. The number of rotatable bonds is 5. The second-order valence-corrected chi connectivity index (χ2v) is 4.16. The fraction of sp³-hybridized carbons (Fsp3) is 0.385. The Morgan fingerprint density at radius 1 is 1.42 bits per heavy atom. The molecule has 0 saturated heterocycles. The number of anilines is 1. The highest BCUT2D eigenvalue weighted by molar-refractivity contribution is 5.91. The highest BCUT2D eigenvalue weighted by Crippen LogP contribution is 2.19. The van der Waals surface area contributed by atoms with Crippen molar-refractivity contribution < 1.29 is 4.79 Å². The van der Waals surface area contributed by atoms with Crippen LogP contribution in [0.15, 0.2) is 24.3 Å². The summed E-state index contributed by atoms with van der Waals surface area (Å²) in [7, 11) is 0. The molecule has 1 heterocycles. The number of fused-ring (bicyclic) bond motifs is 1. The van der Waals surface area contributed by atoms with Gasteiger partial charge >= 0.3 is 0 Å². The van der Waals surface area contributed by atoms with Crippen LogP contribution in [0.25, 0.3) is 11.0 Å². The van der Waals surface area contributed by atoms with Gasteiger partial charge in [-0.25, -0.2) is 4.98 Å². The number of hydrogen-bond acceptors (Lipinski definition) is 3. The van der Waals surface area contributed by atoms with Gasteiger partial charge in [0.05, 0.1) is 11.0 Å². The van der Waals surface area contributed by atoms with Crippen molar-refractivity contribution in [2.75, 3.05) is 11.9 Å². The number of nitrogens with one attached hydrogen (secondary N) is 1. The standard InChI is InChI=1S/C13H18N4O.ClH/c1-2-9-17-11-6-4-3-5-10(11)15-13(17)16-12(18)7-8-14;/h3-6H,2,7-9,14H2,1H3,(H,15,16,18);1H. The number of hydrogen-bond donors (Lipinski definition) is 2. The molecule has 1 amide bonds. The minimum Gasteiger partial charge on any atom is -0.330 e. The number of carbonyl (C=O) groups excluding carboxylic acids is 1. The van der Waals surface area contributed by atoms with Gasteiger partial charge in [0.2, 0.25) is 11.9 Å². The smallest absolute Gasteiger partial charge is 0.227 e. The molecule has 0 bridgehead atoms. The van der Waals surface area contributed by atoms with E-state index in [-0.39, 0.29) is 18.3 Å². The number of amides is 1. The van der Waals surface area contributed by atoms with Crippen LogP contribution >= 0.6 is 12.4 Å². The number of nitrogens with two attached hydrogens (primary N) is 1. The van der Waals surface area contributed by atoms with E-state index in [9.17, 15) is 4.79 Å². The number of para-hydroxylation sites is 2. The number of carbonyl (C=O) groups is 1. The summed E-state index contributed by atoms with van der Waals surface area (Å²) in [5.41, 5.74) is 7.31. The maximum absolute atomic E-state index is 11.6. The van der Waals surface area contributed by atoms with Crippen LogP contribution in [-0.2, 0) is 11.3 Å². The molecule has 0 unspecified atom stereocenters. The van der Waals surface area contributed by atoms with Gasteiger partial charge < -0.3 is 10.3 Å². The predicted molar refractivity (Wildman–Crippen MR) is 79.6 cm³/mol. The first-order valence-electron chi connectivity index (χ1n) is 6.21. The van der Waals surface area contributed by atoms with Crippen molar-refractivity contribution in [2.45, 2.75) is 26.3 Å². The highest BCUT2D eigenvalue weighted by Gasteiger charge is 2.11. The van der Waals surface area contributed by atoms with E-state index in [1.54, 1.807) is 0 Å². The Morgan fingerprint density at radius 2 is 2.16 bits per heavy atom. The van der Waals surface area contributed by atoms with Crippen molar-refractivity contribution in [1.29, 1.82) is 0 Å². The molecular formula is C13H19ClN4O. The van der Waals surface area contributed by atoms with Crippen molar-refractivity contribution >= 4 is 35.3 Å². The van der Waals surface area contributed by atoms with Gasteiger partial charge in [-0.15, -0.1) is 12.4 Å². The van der Waals surface area contributed by atoms with Crippen LogP contribution in [0.4, 0.5) is 5.95 Å². The lowest BCUT2D eigenvalue weighted by molar-refractivity contribution is -0.116. The highest BCUT2D eigenvalue weighted by atomic mass is 35.5. The Morgan fingerprint density at radius 3 is 2.84 bits per heavy atom. The topological polar surface area (TPSA) is 72.9 Å². The van der Waals surface area contributed by atoms with Crippen LogP contribution < -0.4 is 11.1 Å². The lowest BCUT2D eigenvalue weighted by Crippen LogP contribution is -2.19. The Balaban J connectivity index is 0.00000180. The summed E-state index contributed by atoms with van der Waals surface area (Å²) in [6, 6.07) is 7.87. The number of benzene rings is 1. The van der Waals surface area contributed by atoms with E-state index >= 15 is 0 Å². The van der Waals surface area contributed by atoms with Crippen LogP contribution in [0.2, 0.25) is 0 Å². The number of aromatic nitrogens is 2. The van der Waals surface area contributed by atoms with Crippen LogP contribution in [0.1, 0.15) is 19.8 Å². The van der Waals surface area contributed by atoms with Crippen LogP contribution in [0, 0.1) is 0 Å². The SMILES string of the molecule is CCCn1c(NC(=O)CCN)nc2ccccc21.Cl. The zero-order valence-corrected chi connectivity index (χ0v) is 11.7. The van der Waals surface area contributed by atoms with Crippen molar-refractivity contribution in [3.05, 3.63) is 24.3 Å². The fourth-order valence-corrected chi connectivity index (χ4v) is 1.94. The van der Waals surface area contributed by atoms with E-state index in [1.807, 2.05) is 28.8 Å². The Labute approximate surface area is 118 Å². The Kier molecular flexibility index (Phi) is 5.79. The van der Waals surface area contributed by atoms with Crippen molar-refractivity contribution in [2.24, 2.45) is 5.73 Å². The van der Waals surface area contributed by atoms with E-state index in [4.69, 9.17) is 5.73 Å². The lowest BCUT2D eigenvalue weighted by Gasteiger charge is -2.08. The molecular weight excluding hydrogens is 264 g/mol. The third kappa shape index (κ3) is 3.45. The Hall–Kier alpha value is -1.59. The summed E-state index contributed by atoms with van der Waals surface area (Å²) in [5, 5.41) is 2.82. The molecule has 5 nitrogen and oxygen atoms in total. The van der Waals surface area contributed by atoms with Gasteiger partial charge in [-0.05, 0) is 18.6 Å². The average Bonchev–Trinajstić information content (AvgIpc) is 2.68. The minimum absolute atomic E-state index is 0. The van der Waals surface area contributed by atoms with E-state index in [0.717, 1.165) is 24.0 Å². The molecule has 0 radical (unpaired) electrons. The molecule has 0 atom stereocenters. The first-order valence-corrected chi connectivity index (χ1v) is 6.21. The van der Waals surface area contributed by atoms with E-state index < -0.39 is 0 Å². The van der Waals surface area contributed by atoms with Crippen LogP contribution in [-0.4, -0.2) is 22.0 Å². The van der Waals surface area contributed by atoms with Crippen LogP contribution in [0.5, 0.6) is 0 Å². The molecule has 0 saturated carbocycles. The van der Waals surface area contributed by atoms with E-state index in [0.29, 0.717) is 18.9 Å². The Bertz CT molecular complexity index is 553. The number of aryl methyl sites for hydroxylation is 1. The van der Waals surface area contributed by atoms with Gasteiger partial charge in [-0.3, -0.25) is 10.1 Å². The van der Waals surface area contributed by atoms with Gasteiger partial charge in [0.15, 0.2) is 0 Å². The van der Waals surface area contributed by atoms with Crippen molar-refractivity contribution in [3.8, 4) is 0 Å². The maximum atomic E-state index is 11.6. The quantitative estimate of drug-likeness (QED) is 0.882. The monoisotopic (exact) mass is 282 g/mol. The second-order valence-electron chi connectivity index (χ2n) is 4.16. The largest absolute Gasteiger partial charge is 0.330 e. The molecule has 0 spiro atoms. The molecule has 19 heavy (non-hydrogen) atoms. The molecule has 0 aliphatic carbocycles. The summed E-state index contributed by atoms with van der Waals surface area (Å²) < 4.78 is 2.03. The summed E-state index contributed by atoms with van der Waals surface area (Å²) >= 11 is 0. The average molecular weight is 283 g/mol. The molecule has 6 heteroatoms. The van der Waals surface area contributed by atoms with E-state index in [1.165, 1.54) is 0 Å². The van der Waals surface area contributed by atoms with Crippen molar-refractivity contribution in [1.82, 2.24) is 9.55 Å². The van der Waals surface area contributed by atoms with Gasteiger partial charge in [0.25, 0.3) is 0 Å². The molecule has 1 aromatic heterocycles. The zero-order valence-electron chi connectivity index (χ0n) is 10.9. The lowest BCUT2D eigenvalue weighted by atomic mass is 10.3. The zero-order chi connectivity index (χ0) is 13.0. The van der Waals surface area contributed by atoms with Crippen molar-refractivity contribution in [3.63, 3.8) is 0 Å². The minimum atomic E-state index is -0.0924. The maximum Gasteiger partial charge on any atom is 0.227 e. The molecule has 1 aromatic carbocycles. The summed E-state index contributed by atoms with van der Waals surface area (Å²) in [4.78, 5) is 16.0. The van der Waals surface area contributed by atoms with Crippen LogP contribution in [0.3, 0.4) is 0 Å². The normalized spacial score (nSPS) is 10.2. The third-order valence-electron chi connectivity index (χ3n) is 2.72. The van der Waals surface area contributed by atoms with Gasteiger partial charge in [0, 0.05) is 19.5 Å². The van der Waals surface area contributed by atoms with Gasteiger partial charge in [-0.1, -0.05) is 19.1 Å². The number of imidazole rings is 1. The molecule has 0 aliphatic heterocycles. The molecule has 0 aliphatic rings. The molecule has 2 rings (SSSR count). The molecule has 3 N–H and O–H groups in total. The van der Waals surface area contributed by atoms with Gasteiger partial charge in [-0.2, -0.15) is 0 Å². The third-order valence-corrected chi connectivity index (χ3v) is 2.72. The summed E-state index contributed by atoms with van der Waals surface area (Å²) in [5.74, 6) is 0.515. The first kappa shape index (κ1) is 15.5. The molecule has 104 valence electrons. The second kappa shape index (κ2) is 7.11. The summed E-state index contributed by atoms with van der Waals surface area (Å²) in [6.07, 6.45) is 1.30. The van der Waals surface area contributed by atoms with Gasteiger partial charge in [0.1, 0.15) is 0 Å².